The Hall–Kier alpha value is -2.50. The third-order valence-corrected chi connectivity index (χ3v) is 4.04. The van der Waals surface area contributed by atoms with Gasteiger partial charge in [-0.1, -0.05) is 59.3 Å². The van der Waals surface area contributed by atoms with Gasteiger partial charge in [-0.2, -0.15) is 0 Å². The first-order valence-electron chi connectivity index (χ1n) is 6.84. The van der Waals surface area contributed by atoms with Gasteiger partial charge in [-0.15, -0.1) is 10.2 Å². The van der Waals surface area contributed by atoms with Crippen LogP contribution in [-0.4, -0.2) is 16.1 Å². The lowest BCUT2D eigenvalue weighted by Crippen LogP contribution is -2.11. The maximum Gasteiger partial charge on any atom is 0.257 e. The Balaban J connectivity index is 1.66. The van der Waals surface area contributed by atoms with Crippen LogP contribution in [0.5, 0.6) is 0 Å². The van der Waals surface area contributed by atoms with Crippen LogP contribution >= 0.6 is 22.9 Å². The molecule has 6 heteroatoms. The fourth-order valence-electron chi connectivity index (χ4n) is 1.85. The zero-order chi connectivity index (χ0) is 16.1. The molecule has 1 aromatic heterocycles. The number of carbonyl (C=O) groups is 1. The fraction of sp³-hybridized carbons (Fsp3) is 0. The van der Waals surface area contributed by atoms with Crippen LogP contribution in [0.1, 0.15) is 20.9 Å². The first-order valence-corrected chi connectivity index (χ1v) is 8.04. The monoisotopic (exact) mass is 341 g/mol. The highest BCUT2D eigenvalue weighted by Gasteiger charge is 2.09. The topological polar surface area (TPSA) is 54.9 Å². The van der Waals surface area contributed by atoms with E-state index in [0.717, 1.165) is 10.6 Å². The molecule has 0 atom stereocenters. The number of nitrogens with one attached hydrogen (secondary N) is 1. The largest absolute Gasteiger partial charge is 0.296 e. The average molecular weight is 342 g/mol. The van der Waals surface area contributed by atoms with Crippen molar-refractivity contribution in [2.45, 2.75) is 0 Å². The number of nitrogens with zero attached hydrogens (tertiary/aromatic N) is 2. The molecule has 0 aliphatic carbocycles. The Bertz CT molecular complexity index is 829. The highest BCUT2D eigenvalue weighted by atomic mass is 35.5. The molecule has 3 aromatic rings. The minimum Gasteiger partial charge on any atom is -0.296 e. The van der Waals surface area contributed by atoms with Crippen molar-refractivity contribution >= 4 is 46.1 Å². The van der Waals surface area contributed by atoms with Gasteiger partial charge in [0, 0.05) is 10.6 Å². The Morgan fingerprint density at radius 3 is 2.48 bits per heavy atom. The second-order valence-corrected chi connectivity index (χ2v) is 6.10. The van der Waals surface area contributed by atoms with Crippen LogP contribution < -0.4 is 5.32 Å². The molecule has 0 saturated carbocycles. The van der Waals surface area contributed by atoms with Gasteiger partial charge >= 0.3 is 0 Å². The van der Waals surface area contributed by atoms with Crippen LogP contribution in [-0.2, 0) is 0 Å². The Kier molecular flexibility index (Phi) is 4.80. The minimum atomic E-state index is -0.239. The summed E-state index contributed by atoms with van der Waals surface area (Å²) in [5, 5.41) is 12.5. The fourth-order valence-corrected chi connectivity index (χ4v) is 2.62. The summed E-state index contributed by atoms with van der Waals surface area (Å²) in [5.41, 5.74) is 1.60. The number of rotatable bonds is 4. The van der Waals surface area contributed by atoms with Gasteiger partial charge in [0.05, 0.1) is 0 Å². The number of halogens is 1. The number of benzene rings is 2. The molecule has 1 amide bonds. The summed E-state index contributed by atoms with van der Waals surface area (Å²) in [6.07, 6.45) is 3.82. The molecular formula is C17H12ClN3OS. The van der Waals surface area contributed by atoms with Crippen LogP contribution in [0.2, 0.25) is 5.02 Å². The maximum absolute atomic E-state index is 12.1. The van der Waals surface area contributed by atoms with E-state index >= 15 is 0 Å². The molecule has 2 aromatic carbocycles. The number of hydrogen-bond donors (Lipinski definition) is 1. The Morgan fingerprint density at radius 2 is 1.74 bits per heavy atom. The Morgan fingerprint density at radius 1 is 1.00 bits per heavy atom. The van der Waals surface area contributed by atoms with Gasteiger partial charge in [-0.25, -0.2) is 0 Å². The van der Waals surface area contributed by atoms with Crippen molar-refractivity contribution in [3.05, 3.63) is 75.8 Å². The average Bonchev–Trinajstić information content (AvgIpc) is 3.02. The quantitative estimate of drug-likeness (QED) is 0.753. The lowest BCUT2D eigenvalue weighted by atomic mass is 10.2. The molecule has 0 aliphatic rings. The van der Waals surface area contributed by atoms with Crippen molar-refractivity contribution in [3.63, 3.8) is 0 Å². The molecule has 0 bridgehead atoms. The van der Waals surface area contributed by atoms with Crippen molar-refractivity contribution < 1.29 is 4.79 Å². The summed E-state index contributed by atoms with van der Waals surface area (Å²) >= 11 is 7.12. The van der Waals surface area contributed by atoms with Crippen molar-refractivity contribution in [1.29, 1.82) is 0 Å². The zero-order valence-corrected chi connectivity index (χ0v) is 13.5. The lowest BCUT2D eigenvalue weighted by molar-refractivity contribution is 0.102. The van der Waals surface area contributed by atoms with Crippen molar-refractivity contribution in [2.75, 3.05) is 5.32 Å². The highest BCUT2D eigenvalue weighted by Crippen LogP contribution is 2.19. The van der Waals surface area contributed by atoms with E-state index in [1.165, 1.54) is 11.3 Å². The summed E-state index contributed by atoms with van der Waals surface area (Å²) in [6, 6.07) is 16.6. The molecule has 23 heavy (non-hydrogen) atoms. The van der Waals surface area contributed by atoms with E-state index in [9.17, 15) is 4.79 Å². The Labute approximate surface area is 142 Å². The smallest absolute Gasteiger partial charge is 0.257 e. The summed E-state index contributed by atoms with van der Waals surface area (Å²) < 4.78 is 0. The normalized spacial score (nSPS) is 10.8. The number of anilines is 1. The number of carbonyl (C=O) groups excluding carboxylic acids is 1. The van der Waals surface area contributed by atoms with Crippen LogP contribution in [0.15, 0.2) is 54.6 Å². The van der Waals surface area contributed by atoms with Gasteiger partial charge in [0.1, 0.15) is 5.01 Å². The zero-order valence-electron chi connectivity index (χ0n) is 11.9. The van der Waals surface area contributed by atoms with Gasteiger partial charge in [-0.3, -0.25) is 10.1 Å². The predicted molar refractivity (Wildman–Crippen MR) is 94.7 cm³/mol. The standard InChI is InChI=1S/C17H12ClN3OS/c18-14-9-7-13(8-10-14)16(22)19-17-21-20-15(23-17)11-6-12-4-2-1-3-5-12/h1-11H,(H,19,21,22). The molecule has 0 radical (unpaired) electrons. The van der Waals surface area contributed by atoms with Gasteiger partial charge in [-0.05, 0) is 35.9 Å². The first-order chi connectivity index (χ1) is 11.2. The van der Waals surface area contributed by atoms with Crippen LogP contribution in [0, 0.1) is 0 Å². The molecule has 0 spiro atoms. The number of amides is 1. The molecule has 114 valence electrons. The third kappa shape index (κ3) is 4.25. The predicted octanol–water partition coefficient (Wildman–Crippen LogP) is 4.61. The van der Waals surface area contributed by atoms with Gasteiger partial charge in [0.15, 0.2) is 0 Å². The molecule has 0 saturated heterocycles. The second-order valence-electron chi connectivity index (χ2n) is 4.65. The van der Waals surface area contributed by atoms with E-state index in [2.05, 4.69) is 15.5 Å². The molecule has 3 rings (SSSR count). The molecule has 0 fully saturated rings. The third-order valence-electron chi connectivity index (χ3n) is 2.99. The van der Waals surface area contributed by atoms with Crippen molar-refractivity contribution in [1.82, 2.24) is 10.2 Å². The highest BCUT2D eigenvalue weighted by molar-refractivity contribution is 7.16. The van der Waals surface area contributed by atoms with E-state index in [-0.39, 0.29) is 5.91 Å². The minimum absolute atomic E-state index is 0.239. The molecule has 1 N–H and O–H groups in total. The first kappa shape index (κ1) is 15.4. The summed E-state index contributed by atoms with van der Waals surface area (Å²) in [4.78, 5) is 12.1. The molecular weight excluding hydrogens is 330 g/mol. The van der Waals surface area contributed by atoms with Gasteiger partial charge in [0.25, 0.3) is 5.91 Å². The molecule has 1 heterocycles. The van der Waals surface area contributed by atoms with Crippen molar-refractivity contribution in [2.24, 2.45) is 0 Å². The van der Waals surface area contributed by atoms with E-state index in [0.29, 0.717) is 15.7 Å². The second kappa shape index (κ2) is 7.17. The van der Waals surface area contributed by atoms with Crippen molar-refractivity contribution in [3.8, 4) is 0 Å². The van der Waals surface area contributed by atoms with E-state index in [1.807, 2.05) is 42.5 Å². The van der Waals surface area contributed by atoms with E-state index in [4.69, 9.17) is 11.6 Å². The van der Waals surface area contributed by atoms with E-state index < -0.39 is 0 Å². The van der Waals surface area contributed by atoms with Crippen LogP contribution in [0.4, 0.5) is 5.13 Å². The lowest BCUT2D eigenvalue weighted by Gasteiger charge is -2.00. The van der Waals surface area contributed by atoms with Gasteiger partial charge in [0.2, 0.25) is 5.13 Å². The summed E-state index contributed by atoms with van der Waals surface area (Å²) in [7, 11) is 0. The van der Waals surface area contributed by atoms with Crippen LogP contribution in [0.25, 0.3) is 12.2 Å². The molecule has 0 aliphatic heterocycles. The van der Waals surface area contributed by atoms with E-state index in [1.54, 1.807) is 24.3 Å². The summed E-state index contributed by atoms with van der Waals surface area (Å²) in [6.45, 7) is 0. The molecule has 0 unspecified atom stereocenters. The number of hydrogen-bond acceptors (Lipinski definition) is 4. The van der Waals surface area contributed by atoms with Gasteiger partial charge < -0.3 is 0 Å². The SMILES string of the molecule is O=C(Nc1nnc(C=Cc2ccccc2)s1)c1ccc(Cl)cc1. The van der Waals surface area contributed by atoms with Crippen LogP contribution in [0.3, 0.4) is 0 Å². The number of aromatic nitrogens is 2. The summed E-state index contributed by atoms with van der Waals surface area (Å²) in [5.74, 6) is -0.239. The maximum atomic E-state index is 12.1. The molecule has 4 nitrogen and oxygen atoms in total.